The fraction of sp³-hybridized carbons (Fsp3) is 0.211. The molecule has 5 rings (SSSR count). The van der Waals surface area contributed by atoms with Gasteiger partial charge in [-0.2, -0.15) is 19.6 Å². The Morgan fingerprint density at radius 1 is 1.30 bits per heavy atom. The van der Waals surface area contributed by atoms with E-state index in [0.717, 1.165) is 12.8 Å². The Hall–Kier alpha value is -3.99. The van der Waals surface area contributed by atoms with Crippen molar-refractivity contribution >= 4 is 11.7 Å². The molecule has 4 aromatic rings. The summed E-state index contributed by atoms with van der Waals surface area (Å²) in [6.07, 6.45) is 5.05. The molecule has 0 bridgehead atoms. The molecule has 0 aliphatic heterocycles. The predicted molar refractivity (Wildman–Crippen MR) is 104 cm³/mol. The van der Waals surface area contributed by atoms with Gasteiger partial charge in [0.15, 0.2) is 5.65 Å². The second-order valence-corrected chi connectivity index (χ2v) is 6.90. The molecule has 1 aromatic carbocycles. The number of imidazole rings is 1. The van der Waals surface area contributed by atoms with Crippen molar-refractivity contribution in [3.05, 3.63) is 63.0 Å². The van der Waals surface area contributed by atoms with Crippen LogP contribution in [0.5, 0.6) is 17.6 Å². The van der Waals surface area contributed by atoms with Gasteiger partial charge in [-0.05, 0) is 36.6 Å². The number of hydrogen-bond acceptors (Lipinski definition) is 8. The molecule has 1 saturated carbocycles. The van der Waals surface area contributed by atoms with Gasteiger partial charge in [0.25, 0.3) is 5.62 Å². The third-order valence-corrected chi connectivity index (χ3v) is 4.53. The number of aliphatic hydroxyl groups excluding tert-OH is 1. The molecule has 0 amide bonds. The molecule has 0 spiro atoms. The summed E-state index contributed by atoms with van der Waals surface area (Å²) >= 11 is 0. The van der Waals surface area contributed by atoms with E-state index in [9.17, 15) is 15.0 Å². The second-order valence-electron chi connectivity index (χ2n) is 6.90. The van der Waals surface area contributed by atoms with Crippen LogP contribution in [0.1, 0.15) is 24.1 Å². The summed E-state index contributed by atoms with van der Waals surface area (Å²) in [6, 6.07) is 7.22. The van der Waals surface area contributed by atoms with Gasteiger partial charge in [-0.1, -0.05) is 12.1 Å². The summed E-state index contributed by atoms with van der Waals surface area (Å²) in [4.78, 5) is 29.6. The molecule has 3 aromatic heterocycles. The molecular formula is C19H17N7O4. The monoisotopic (exact) mass is 407 g/mol. The van der Waals surface area contributed by atoms with Crippen LogP contribution in [0.4, 0.5) is 0 Å². The maximum atomic E-state index is 11.4. The number of aliphatic hydroxyl groups is 1. The maximum absolute atomic E-state index is 11.4. The molecule has 152 valence electrons. The van der Waals surface area contributed by atoms with Gasteiger partial charge in [0.1, 0.15) is 11.4 Å². The van der Waals surface area contributed by atoms with Crippen LogP contribution < -0.4 is 21.3 Å². The first-order chi connectivity index (χ1) is 14.6. The molecule has 1 aliphatic carbocycles. The van der Waals surface area contributed by atoms with Crippen LogP contribution in [-0.2, 0) is 6.61 Å². The highest BCUT2D eigenvalue weighted by molar-refractivity contribution is 5.56. The quantitative estimate of drug-likeness (QED) is 0.355. The first-order valence-corrected chi connectivity index (χ1v) is 9.29. The van der Waals surface area contributed by atoms with Crippen molar-refractivity contribution in [2.75, 3.05) is 0 Å². The zero-order valence-electron chi connectivity index (χ0n) is 15.6. The molecule has 0 atom stereocenters. The van der Waals surface area contributed by atoms with E-state index in [4.69, 9.17) is 4.74 Å². The van der Waals surface area contributed by atoms with Gasteiger partial charge in [-0.15, -0.1) is 0 Å². The van der Waals surface area contributed by atoms with Gasteiger partial charge < -0.3 is 19.9 Å². The van der Waals surface area contributed by atoms with E-state index in [1.54, 1.807) is 30.3 Å². The first-order valence-electron chi connectivity index (χ1n) is 9.29. The van der Waals surface area contributed by atoms with Gasteiger partial charge in [0.2, 0.25) is 5.88 Å². The molecule has 30 heavy (non-hydrogen) atoms. The number of benzene rings is 1. The van der Waals surface area contributed by atoms with Gasteiger partial charge in [-0.3, -0.25) is 4.98 Å². The Balaban J connectivity index is 1.66. The van der Waals surface area contributed by atoms with Crippen LogP contribution in [0.2, 0.25) is 0 Å². The van der Waals surface area contributed by atoms with E-state index in [0.29, 0.717) is 27.8 Å². The summed E-state index contributed by atoms with van der Waals surface area (Å²) in [7, 11) is 0. The molecule has 11 nitrogen and oxygen atoms in total. The van der Waals surface area contributed by atoms with Crippen molar-refractivity contribution in [3.8, 4) is 17.6 Å². The fourth-order valence-corrected chi connectivity index (χ4v) is 2.92. The zero-order chi connectivity index (χ0) is 20.7. The number of aromatic hydroxyl groups is 1. The minimum absolute atomic E-state index is 0.0684. The number of rotatable bonds is 5. The summed E-state index contributed by atoms with van der Waals surface area (Å²) in [5, 5.41) is 24.0. The lowest BCUT2D eigenvalue weighted by molar-refractivity contribution is 0.281. The van der Waals surface area contributed by atoms with E-state index < -0.39 is 5.69 Å². The molecule has 11 heteroatoms. The minimum Gasteiger partial charge on any atom is -0.493 e. The SMILES string of the molecule is O=c1[nH]c(O)c(/C=c2\cnn3c(=NC4CC4)nc(Oc4cccc(CO)c4)nc23)[nH]1. The van der Waals surface area contributed by atoms with Crippen LogP contribution in [-0.4, -0.2) is 45.8 Å². The Kier molecular flexibility index (Phi) is 4.29. The maximum Gasteiger partial charge on any atom is 0.327 e. The van der Waals surface area contributed by atoms with Gasteiger partial charge >= 0.3 is 11.7 Å². The standard InChI is InChI=1S/C19H17N7O4/c27-9-10-2-1-3-13(6-10)30-19-23-15-11(7-14-16(28)24-18(29)22-14)8-20-26(15)17(25-19)21-12-4-5-12/h1-3,6-8,12,27-28H,4-5,9H2,(H2,22,24,29)/b11-7+,21-17?. The van der Waals surface area contributed by atoms with E-state index in [-0.39, 0.29) is 30.2 Å². The molecule has 3 heterocycles. The minimum atomic E-state index is -0.526. The highest BCUT2D eigenvalue weighted by Gasteiger charge is 2.21. The Bertz CT molecular complexity index is 1410. The predicted octanol–water partition coefficient (Wildman–Crippen LogP) is -0.258. The van der Waals surface area contributed by atoms with Gasteiger partial charge in [0.05, 0.1) is 18.8 Å². The number of H-pyrrole nitrogens is 2. The van der Waals surface area contributed by atoms with Gasteiger partial charge in [0, 0.05) is 5.22 Å². The average molecular weight is 407 g/mol. The lowest BCUT2D eigenvalue weighted by atomic mass is 10.2. The average Bonchev–Trinajstić information content (AvgIpc) is 3.37. The Morgan fingerprint density at radius 2 is 2.17 bits per heavy atom. The number of fused-ring (bicyclic) bond motifs is 1. The highest BCUT2D eigenvalue weighted by Crippen LogP contribution is 2.23. The second kappa shape index (κ2) is 7.12. The van der Waals surface area contributed by atoms with E-state index >= 15 is 0 Å². The Morgan fingerprint density at radius 3 is 2.90 bits per heavy atom. The van der Waals surface area contributed by atoms with Crippen LogP contribution in [0.15, 0.2) is 40.2 Å². The van der Waals surface area contributed by atoms with Crippen molar-refractivity contribution in [1.29, 1.82) is 0 Å². The van der Waals surface area contributed by atoms with Crippen LogP contribution in [0, 0.1) is 0 Å². The zero-order valence-corrected chi connectivity index (χ0v) is 15.6. The van der Waals surface area contributed by atoms with Crippen molar-refractivity contribution < 1.29 is 14.9 Å². The largest absolute Gasteiger partial charge is 0.493 e. The van der Waals surface area contributed by atoms with E-state index in [1.807, 2.05) is 0 Å². The number of aromatic amines is 2. The van der Waals surface area contributed by atoms with Crippen LogP contribution in [0.25, 0.3) is 11.7 Å². The third kappa shape index (κ3) is 3.53. The van der Waals surface area contributed by atoms with Crippen LogP contribution in [0.3, 0.4) is 0 Å². The normalized spacial score (nSPS) is 15.2. The Labute approximate surface area is 168 Å². The molecule has 0 unspecified atom stereocenters. The molecule has 0 saturated heterocycles. The first kappa shape index (κ1) is 18.1. The van der Waals surface area contributed by atoms with E-state index in [1.165, 1.54) is 10.7 Å². The number of nitrogens with one attached hydrogen (secondary N) is 2. The summed E-state index contributed by atoms with van der Waals surface area (Å²) < 4.78 is 7.30. The smallest absolute Gasteiger partial charge is 0.327 e. The van der Waals surface area contributed by atoms with Crippen LogP contribution >= 0.6 is 0 Å². The number of nitrogens with zero attached hydrogens (tertiary/aromatic N) is 5. The molecule has 0 radical (unpaired) electrons. The molecule has 4 N–H and O–H groups in total. The topological polar surface area (TPSA) is 154 Å². The third-order valence-electron chi connectivity index (χ3n) is 4.53. The molecule has 1 aliphatic rings. The van der Waals surface area contributed by atoms with Gasteiger partial charge in [-0.25, -0.2) is 9.79 Å². The summed E-state index contributed by atoms with van der Waals surface area (Å²) in [6.45, 7) is -0.112. The molecule has 1 fully saturated rings. The fourth-order valence-electron chi connectivity index (χ4n) is 2.92. The number of hydrogen-bond donors (Lipinski definition) is 4. The molecular weight excluding hydrogens is 390 g/mol. The van der Waals surface area contributed by atoms with E-state index in [2.05, 4.69) is 30.0 Å². The van der Waals surface area contributed by atoms with Crippen molar-refractivity contribution in [1.82, 2.24) is 29.5 Å². The summed E-state index contributed by atoms with van der Waals surface area (Å²) in [5.41, 5.74) is 1.12. The lowest BCUT2D eigenvalue weighted by Gasteiger charge is -2.05. The van der Waals surface area contributed by atoms with Crippen molar-refractivity contribution in [3.63, 3.8) is 0 Å². The summed E-state index contributed by atoms with van der Waals surface area (Å²) in [5.74, 6) is 0.189. The lowest BCUT2D eigenvalue weighted by Crippen LogP contribution is -2.23. The number of ether oxygens (including phenoxy) is 1. The number of aromatic nitrogens is 6. The van der Waals surface area contributed by atoms with Crippen molar-refractivity contribution in [2.45, 2.75) is 25.5 Å². The highest BCUT2D eigenvalue weighted by atomic mass is 16.5. The van der Waals surface area contributed by atoms with Crippen molar-refractivity contribution in [2.24, 2.45) is 4.99 Å².